The van der Waals surface area contributed by atoms with Gasteiger partial charge in [-0.2, -0.15) is 0 Å². The fraction of sp³-hybridized carbons (Fsp3) is 0.100. The Labute approximate surface area is 162 Å². The van der Waals surface area contributed by atoms with E-state index in [0.29, 0.717) is 21.3 Å². The van der Waals surface area contributed by atoms with Crippen molar-refractivity contribution < 1.29 is 4.42 Å². The second kappa shape index (κ2) is 6.14. The number of thiophene rings is 1. The van der Waals surface area contributed by atoms with Gasteiger partial charge >= 0.3 is 5.63 Å². The minimum Gasteiger partial charge on any atom is -0.408 e. The molecule has 3 heterocycles. The SMILES string of the molecule is CSc1nc(-c2ccc3ccccc3c2)c2c(n1)sc1c(=O)oc(C)nc12. The Bertz CT molecular complexity index is 1410. The van der Waals surface area contributed by atoms with Crippen molar-refractivity contribution in [2.75, 3.05) is 6.26 Å². The Morgan fingerprint density at radius 1 is 1.04 bits per heavy atom. The van der Waals surface area contributed by atoms with Crippen LogP contribution < -0.4 is 5.63 Å². The molecule has 7 heteroatoms. The van der Waals surface area contributed by atoms with Crippen LogP contribution in [-0.4, -0.2) is 21.2 Å². The van der Waals surface area contributed by atoms with Gasteiger partial charge in [0.25, 0.3) is 0 Å². The summed E-state index contributed by atoms with van der Waals surface area (Å²) >= 11 is 2.78. The van der Waals surface area contributed by atoms with Gasteiger partial charge < -0.3 is 4.42 Å². The molecular weight excluding hydrogens is 378 g/mol. The number of fused-ring (bicyclic) bond motifs is 4. The van der Waals surface area contributed by atoms with Crippen LogP contribution in [0.4, 0.5) is 0 Å². The van der Waals surface area contributed by atoms with Gasteiger partial charge in [0.15, 0.2) is 11.0 Å². The van der Waals surface area contributed by atoms with E-state index in [-0.39, 0.29) is 5.63 Å². The van der Waals surface area contributed by atoms with Crippen molar-refractivity contribution in [3.63, 3.8) is 0 Å². The molecule has 27 heavy (non-hydrogen) atoms. The fourth-order valence-corrected chi connectivity index (χ4v) is 4.62. The molecule has 0 amide bonds. The lowest BCUT2D eigenvalue weighted by Crippen LogP contribution is -2.00. The van der Waals surface area contributed by atoms with Crippen LogP contribution in [0.25, 0.3) is 42.5 Å². The van der Waals surface area contributed by atoms with Gasteiger partial charge in [0.1, 0.15) is 15.0 Å². The van der Waals surface area contributed by atoms with Gasteiger partial charge in [-0.25, -0.2) is 19.7 Å². The molecule has 0 fully saturated rings. The minimum absolute atomic E-state index is 0.339. The molecule has 132 valence electrons. The summed E-state index contributed by atoms with van der Waals surface area (Å²) in [5, 5.41) is 3.77. The number of aromatic nitrogens is 3. The summed E-state index contributed by atoms with van der Waals surface area (Å²) in [6.45, 7) is 1.68. The highest BCUT2D eigenvalue weighted by molar-refractivity contribution is 7.98. The molecule has 0 aliphatic rings. The predicted molar refractivity (Wildman–Crippen MR) is 111 cm³/mol. The van der Waals surface area contributed by atoms with E-state index in [2.05, 4.69) is 40.3 Å². The van der Waals surface area contributed by atoms with E-state index in [1.807, 2.05) is 18.4 Å². The first kappa shape index (κ1) is 16.4. The quantitative estimate of drug-likeness (QED) is 0.310. The number of hydrogen-bond acceptors (Lipinski definition) is 7. The van der Waals surface area contributed by atoms with Crippen molar-refractivity contribution in [3.8, 4) is 11.3 Å². The summed E-state index contributed by atoms with van der Waals surface area (Å²) in [6, 6.07) is 14.5. The average molecular weight is 391 g/mol. The number of hydrogen-bond donors (Lipinski definition) is 0. The van der Waals surface area contributed by atoms with Crippen molar-refractivity contribution in [1.29, 1.82) is 0 Å². The molecule has 2 aromatic carbocycles. The molecule has 5 nitrogen and oxygen atoms in total. The molecule has 5 rings (SSSR count). The normalized spacial score (nSPS) is 11.6. The molecule has 0 bridgehead atoms. The Balaban J connectivity index is 1.92. The van der Waals surface area contributed by atoms with Crippen molar-refractivity contribution >= 4 is 54.3 Å². The molecule has 5 aromatic rings. The summed E-state index contributed by atoms with van der Waals surface area (Å²) in [7, 11) is 0. The second-order valence-corrected chi connectivity index (χ2v) is 7.87. The lowest BCUT2D eigenvalue weighted by atomic mass is 10.0. The molecule has 0 atom stereocenters. The van der Waals surface area contributed by atoms with Crippen LogP contribution in [0.3, 0.4) is 0 Å². The van der Waals surface area contributed by atoms with Gasteiger partial charge in [-0.3, -0.25) is 0 Å². The number of thioether (sulfide) groups is 1. The second-order valence-electron chi connectivity index (χ2n) is 6.10. The van der Waals surface area contributed by atoms with Gasteiger partial charge in [0.05, 0.1) is 11.1 Å². The highest BCUT2D eigenvalue weighted by Gasteiger charge is 2.19. The summed E-state index contributed by atoms with van der Waals surface area (Å²) < 4.78 is 5.65. The average Bonchev–Trinajstić information content (AvgIpc) is 3.05. The number of aryl methyl sites for hydroxylation is 1. The third-order valence-electron chi connectivity index (χ3n) is 4.41. The lowest BCUT2D eigenvalue weighted by Gasteiger charge is -2.07. The van der Waals surface area contributed by atoms with Crippen LogP contribution in [0, 0.1) is 6.92 Å². The molecule has 0 unspecified atom stereocenters. The van der Waals surface area contributed by atoms with E-state index >= 15 is 0 Å². The van der Waals surface area contributed by atoms with Gasteiger partial charge in [-0.1, -0.05) is 48.2 Å². The molecule has 0 spiro atoms. The molecular formula is C20H13N3O2S2. The molecule has 0 N–H and O–H groups in total. The topological polar surface area (TPSA) is 68.9 Å². The fourth-order valence-electron chi connectivity index (χ4n) is 3.21. The van der Waals surface area contributed by atoms with Gasteiger partial charge in [0, 0.05) is 12.5 Å². The van der Waals surface area contributed by atoms with Gasteiger partial charge in [-0.15, -0.1) is 11.3 Å². The third kappa shape index (κ3) is 2.62. The Hall–Kier alpha value is -2.77. The zero-order valence-corrected chi connectivity index (χ0v) is 16.1. The van der Waals surface area contributed by atoms with E-state index in [1.165, 1.54) is 28.5 Å². The van der Waals surface area contributed by atoms with E-state index in [1.54, 1.807) is 6.92 Å². The molecule has 0 aliphatic carbocycles. The lowest BCUT2D eigenvalue weighted by molar-refractivity contribution is 0.468. The summed E-state index contributed by atoms with van der Waals surface area (Å²) in [5.74, 6) is 0.339. The van der Waals surface area contributed by atoms with Crippen molar-refractivity contribution in [3.05, 3.63) is 58.8 Å². The van der Waals surface area contributed by atoms with Crippen molar-refractivity contribution in [1.82, 2.24) is 15.0 Å². The van der Waals surface area contributed by atoms with Gasteiger partial charge in [0.2, 0.25) is 0 Å². The van der Waals surface area contributed by atoms with Crippen molar-refractivity contribution in [2.24, 2.45) is 0 Å². The monoisotopic (exact) mass is 391 g/mol. The largest absolute Gasteiger partial charge is 0.408 e. The highest BCUT2D eigenvalue weighted by atomic mass is 32.2. The zero-order valence-electron chi connectivity index (χ0n) is 14.5. The maximum Gasteiger partial charge on any atom is 0.357 e. The first-order chi connectivity index (χ1) is 13.1. The summed E-state index contributed by atoms with van der Waals surface area (Å²) in [6.07, 6.45) is 1.94. The Morgan fingerprint density at radius 3 is 2.67 bits per heavy atom. The van der Waals surface area contributed by atoms with Gasteiger partial charge in [-0.05, 0) is 23.1 Å². The molecule has 0 radical (unpaired) electrons. The molecule has 0 saturated heterocycles. The summed E-state index contributed by atoms with van der Waals surface area (Å²) in [5.41, 5.74) is 2.00. The van der Waals surface area contributed by atoms with Crippen LogP contribution in [-0.2, 0) is 0 Å². The van der Waals surface area contributed by atoms with E-state index in [9.17, 15) is 4.79 Å². The van der Waals surface area contributed by atoms with Crippen LogP contribution in [0.2, 0.25) is 0 Å². The van der Waals surface area contributed by atoms with E-state index < -0.39 is 0 Å². The van der Waals surface area contributed by atoms with Crippen LogP contribution in [0.1, 0.15) is 5.89 Å². The standard InChI is InChI=1S/C20H13N3O2S2/c1-10-21-16-14-15(13-8-7-11-5-3-4-6-12(11)9-13)22-20(26-2)23-18(14)27-17(16)19(24)25-10/h3-9H,1-2H3. The van der Waals surface area contributed by atoms with Crippen molar-refractivity contribution in [2.45, 2.75) is 12.1 Å². The van der Waals surface area contributed by atoms with E-state index in [4.69, 9.17) is 9.40 Å². The molecule has 0 aliphatic heterocycles. The molecule has 0 saturated carbocycles. The van der Waals surface area contributed by atoms with Crippen LogP contribution in [0.15, 0.2) is 56.8 Å². The maximum absolute atomic E-state index is 12.3. The van der Waals surface area contributed by atoms with Crippen LogP contribution >= 0.6 is 23.1 Å². The minimum atomic E-state index is -0.379. The number of benzene rings is 2. The maximum atomic E-state index is 12.3. The number of rotatable bonds is 2. The smallest absolute Gasteiger partial charge is 0.357 e. The third-order valence-corrected chi connectivity index (χ3v) is 6.01. The Morgan fingerprint density at radius 2 is 1.85 bits per heavy atom. The number of nitrogens with zero attached hydrogens (tertiary/aromatic N) is 3. The molecule has 3 aromatic heterocycles. The first-order valence-corrected chi connectivity index (χ1v) is 10.3. The summed E-state index contributed by atoms with van der Waals surface area (Å²) in [4.78, 5) is 26.9. The predicted octanol–water partition coefficient (Wildman–Crippen LogP) is 5.04. The highest BCUT2D eigenvalue weighted by Crippen LogP contribution is 2.37. The van der Waals surface area contributed by atoms with E-state index in [0.717, 1.165) is 26.9 Å². The first-order valence-electron chi connectivity index (χ1n) is 8.29. The van der Waals surface area contributed by atoms with Crippen LogP contribution in [0.5, 0.6) is 0 Å². The zero-order chi connectivity index (χ0) is 18.5. The Kier molecular flexibility index (Phi) is 3.73.